The van der Waals surface area contributed by atoms with Gasteiger partial charge in [0.15, 0.2) is 5.96 Å². The van der Waals surface area contributed by atoms with Crippen LogP contribution in [0, 0.1) is 6.92 Å². The first-order chi connectivity index (χ1) is 11.7. The summed E-state index contributed by atoms with van der Waals surface area (Å²) < 4.78 is 5.17. The average Bonchev–Trinajstić information content (AvgIpc) is 3.02. The number of nitrogens with zero attached hydrogens (tertiary/aromatic N) is 2. The number of ether oxygens (including phenoxy) is 1. The van der Waals surface area contributed by atoms with Crippen molar-refractivity contribution < 1.29 is 4.74 Å². The molecule has 0 bridgehead atoms. The molecule has 24 heavy (non-hydrogen) atoms. The van der Waals surface area contributed by atoms with Crippen molar-refractivity contribution in [1.29, 1.82) is 0 Å². The Labute approximate surface area is 143 Å². The molecule has 0 atom stereocenters. The Balaban J connectivity index is 1.80. The molecular formula is C18H27N5O. The van der Waals surface area contributed by atoms with Crippen molar-refractivity contribution in [3.63, 3.8) is 0 Å². The van der Waals surface area contributed by atoms with Crippen molar-refractivity contribution in [1.82, 2.24) is 20.8 Å². The molecule has 0 spiro atoms. The monoisotopic (exact) mass is 329 g/mol. The van der Waals surface area contributed by atoms with Gasteiger partial charge in [-0.3, -0.25) is 5.10 Å². The van der Waals surface area contributed by atoms with Crippen LogP contribution in [0.3, 0.4) is 0 Å². The molecule has 6 heteroatoms. The highest BCUT2D eigenvalue weighted by Crippen LogP contribution is 2.11. The lowest BCUT2D eigenvalue weighted by Gasteiger charge is -2.11. The number of nitrogens with one attached hydrogen (secondary N) is 3. The van der Waals surface area contributed by atoms with Crippen LogP contribution >= 0.6 is 0 Å². The number of hydrogen-bond donors (Lipinski definition) is 3. The summed E-state index contributed by atoms with van der Waals surface area (Å²) in [5, 5.41) is 13.7. The molecule has 0 saturated carbocycles. The fourth-order valence-corrected chi connectivity index (χ4v) is 2.36. The zero-order chi connectivity index (χ0) is 17.2. The molecule has 1 aromatic carbocycles. The molecule has 0 amide bonds. The highest BCUT2D eigenvalue weighted by atomic mass is 16.5. The molecule has 0 aliphatic carbocycles. The quantitative estimate of drug-likeness (QED) is 0.395. The van der Waals surface area contributed by atoms with Crippen LogP contribution < -0.4 is 15.4 Å². The number of benzene rings is 1. The molecule has 6 nitrogen and oxygen atoms in total. The molecule has 2 rings (SSSR count). The van der Waals surface area contributed by atoms with Crippen molar-refractivity contribution >= 4 is 5.96 Å². The number of aromatic nitrogens is 2. The Morgan fingerprint density at radius 1 is 1.25 bits per heavy atom. The van der Waals surface area contributed by atoms with Crippen LogP contribution in [-0.4, -0.2) is 36.4 Å². The Hall–Kier alpha value is -2.50. The van der Waals surface area contributed by atoms with E-state index < -0.39 is 0 Å². The lowest BCUT2D eigenvalue weighted by atomic mass is 10.1. The van der Waals surface area contributed by atoms with Crippen molar-refractivity contribution in [3.05, 3.63) is 47.3 Å². The normalized spacial score (nSPS) is 11.4. The predicted octanol–water partition coefficient (Wildman–Crippen LogP) is 2.41. The van der Waals surface area contributed by atoms with Gasteiger partial charge in [-0.1, -0.05) is 12.1 Å². The molecule has 2 aromatic rings. The number of methoxy groups -OCH3 is 1. The van der Waals surface area contributed by atoms with Crippen molar-refractivity contribution in [2.75, 3.05) is 20.2 Å². The Bertz CT molecular complexity index is 633. The van der Waals surface area contributed by atoms with Gasteiger partial charge in [0, 0.05) is 18.8 Å². The highest BCUT2D eigenvalue weighted by molar-refractivity contribution is 5.79. The molecule has 0 aliphatic heterocycles. The average molecular weight is 329 g/mol. The summed E-state index contributed by atoms with van der Waals surface area (Å²) in [6.07, 6.45) is 3.94. The number of H-pyrrole nitrogens is 1. The summed E-state index contributed by atoms with van der Waals surface area (Å²) >= 11 is 0. The second-order valence-corrected chi connectivity index (χ2v) is 5.59. The predicted molar refractivity (Wildman–Crippen MR) is 97.5 cm³/mol. The van der Waals surface area contributed by atoms with E-state index in [-0.39, 0.29) is 0 Å². The van der Waals surface area contributed by atoms with Gasteiger partial charge in [-0.05, 0) is 49.9 Å². The summed E-state index contributed by atoms with van der Waals surface area (Å²) in [7, 11) is 1.67. The Morgan fingerprint density at radius 3 is 2.67 bits per heavy atom. The van der Waals surface area contributed by atoms with Gasteiger partial charge in [0.25, 0.3) is 0 Å². The molecule has 0 radical (unpaired) electrons. The van der Waals surface area contributed by atoms with Crippen molar-refractivity contribution in [2.45, 2.75) is 33.2 Å². The van der Waals surface area contributed by atoms with E-state index in [1.165, 1.54) is 5.56 Å². The topological polar surface area (TPSA) is 74.3 Å². The van der Waals surface area contributed by atoms with Gasteiger partial charge >= 0.3 is 0 Å². The maximum atomic E-state index is 5.17. The van der Waals surface area contributed by atoms with Crippen LogP contribution in [0.25, 0.3) is 0 Å². The molecule has 0 aliphatic rings. The second-order valence-electron chi connectivity index (χ2n) is 5.59. The van der Waals surface area contributed by atoms with E-state index in [1.807, 2.05) is 30.5 Å². The van der Waals surface area contributed by atoms with E-state index in [0.29, 0.717) is 6.54 Å². The van der Waals surface area contributed by atoms with E-state index in [4.69, 9.17) is 4.74 Å². The summed E-state index contributed by atoms with van der Waals surface area (Å²) in [6.45, 7) is 6.48. The zero-order valence-electron chi connectivity index (χ0n) is 14.7. The van der Waals surface area contributed by atoms with Gasteiger partial charge in [0.1, 0.15) is 5.75 Å². The van der Waals surface area contributed by atoms with Gasteiger partial charge < -0.3 is 15.4 Å². The third kappa shape index (κ3) is 5.61. The van der Waals surface area contributed by atoms with Crippen LogP contribution in [0.5, 0.6) is 5.75 Å². The van der Waals surface area contributed by atoms with Crippen molar-refractivity contribution in [3.8, 4) is 5.75 Å². The Morgan fingerprint density at radius 2 is 2.04 bits per heavy atom. The van der Waals surface area contributed by atoms with Crippen LogP contribution in [-0.2, 0) is 13.0 Å². The van der Waals surface area contributed by atoms with E-state index in [9.17, 15) is 0 Å². The third-order valence-electron chi connectivity index (χ3n) is 3.77. The fourth-order valence-electron chi connectivity index (χ4n) is 2.36. The van der Waals surface area contributed by atoms with Gasteiger partial charge in [-0.25, -0.2) is 4.99 Å². The summed E-state index contributed by atoms with van der Waals surface area (Å²) in [5.74, 6) is 1.71. The highest BCUT2D eigenvalue weighted by Gasteiger charge is 2.01. The van der Waals surface area contributed by atoms with Gasteiger partial charge in [-0.2, -0.15) is 5.10 Å². The fraction of sp³-hybridized carbons (Fsp3) is 0.444. The lowest BCUT2D eigenvalue weighted by Crippen LogP contribution is -2.37. The molecule has 3 N–H and O–H groups in total. The van der Waals surface area contributed by atoms with Crippen LogP contribution in [0.15, 0.2) is 35.5 Å². The summed E-state index contributed by atoms with van der Waals surface area (Å²) in [4.78, 5) is 4.63. The maximum absolute atomic E-state index is 5.17. The van der Waals surface area contributed by atoms with E-state index >= 15 is 0 Å². The van der Waals surface area contributed by atoms with Crippen molar-refractivity contribution in [2.24, 2.45) is 4.99 Å². The number of hydrogen-bond acceptors (Lipinski definition) is 3. The summed E-state index contributed by atoms with van der Waals surface area (Å²) in [5.41, 5.74) is 3.58. The minimum Gasteiger partial charge on any atom is -0.497 e. The van der Waals surface area contributed by atoms with E-state index in [1.54, 1.807) is 7.11 Å². The number of rotatable bonds is 8. The van der Waals surface area contributed by atoms with Gasteiger partial charge in [-0.15, -0.1) is 0 Å². The first kappa shape index (κ1) is 17.8. The number of aryl methyl sites for hydroxylation is 2. The van der Waals surface area contributed by atoms with Crippen LogP contribution in [0.2, 0.25) is 0 Å². The number of aliphatic imine (C=N–C) groups is 1. The number of guanidine groups is 1. The van der Waals surface area contributed by atoms with E-state index in [2.05, 4.69) is 39.7 Å². The molecule has 1 aromatic heterocycles. The zero-order valence-corrected chi connectivity index (χ0v) is 14.7. The molecular weight excluding hydrogens is 302 g/mol. The summed E-state index contributed by atoms with van der Waals surface area (Å²) in [6, 6.07) is 7.98. The third-order valence-corrected chi connectivity index (χ3v) is 3.77. The first-order valence-corrected chi connectivity index (χ1v) is 8.37. The van der Waals surface area contributed by atoms with Crippen LogP contribution in [0.4, 0.5) is 0 Å². The Kier molecular flexibility index (Phi) is 7.14. The molecule has 0 saturated heterocycles. The minimum atomic E-state index is 0.639. The lowest BCUT2D eigenvalue weighted by molar-refractivity contribution is 0.414. The second kappa shape index (κ2) is 9.60. The van der Waals surface area contributed by atoms with E-state index in [0.717, 1.165) is 48.9 Å². The van der Waals surface area contributed by atoms with Gasteiger partial charge in [0.2, 0.25) is 0 Å². The maximum Gasteiger partial charge on any atom is 0.191 e. The molecule has 0 fully saturated rings. The number of aromatic amines is 1. The standard InChI is InChI=1S/C18H27N5O/c1-4-19-18(20-11-5-6-16-13-22-23-14(16)2)21-12-15-7-9-17(24-3)10-8-15/h7-10,13H,4-6,11-12H2,1-3H3,(H,22,23)(H2,19,20,21). The molecule has 0 unspecified atom stereocenters. The van der Waals surface area contributed by atoms with Crippen LogP contribution in [0.1, 0.15) is 30.2 Å². The minimum absolute atomic E-state index is 0.639. The first-order valence-electron chi connectivity index (χ1n) is 8.37. The smallest absolute Gasteiger partial charge is 0.191 e. The SMILES string of the molecule is CCNC(=NCc1ccc(OC)cc1)NCCCc1cn[nH]c1C. The molecule has 130 valence electrons. The molecule has 1 heterocycles. The van der Waals surface area contributed by atoms with Gasteiger partial charge in [0.05, 0.1) is 19.9 Å². The largest absolute Gasteiger partial charge is 0.497 e.